The minimum atomic E-state index is -2.77. The summed E-state index contributed by atoms with van der Waals surface area (Å²) < 4.78 is 40.5. The summed E-state index contributed by atoms with van der Waals surface area (Å²) >= 11 is 0. The zero-order valence-electron chi connectivity index (χ0n) is 21.0. The van der Waals surface area contributed by atoms with E-state index >= 15 is 0 Å². The van der Waals surface area contributed by atoms with E-state index in [9.17, 15) is 13.6 Å². The second-order valence-corrected chi connectivity index (χ2v) is 10.0. The Hall–Kier alpha value is -3.38. The summed E-state index contributed by atoms with van der Waals surface area (Å²) in [6, 6.07) is 8.90. The highest BCUT2D eigenvalue weighted by Gasteiger charge is 2.32. The number of amides is 1. The van der Waals surface area contributed by atoms with Gasteiger partial charge in [-0.2, -0.15) is 9.97 Å². The van der Waals surface area contributed by atoms with Gasteiger partial charge in [-0.05, 0) is 37.8 Å². The van der Waals surface area contributed by atoms with Crippen LogP contribution in [-0.2, 0) is 14.3 Å². The third-order valence-corrected chi connectivity index (χ3v) is 7.30. The van der Waals surface area contributed by atoms with E-state index in [4.69, 9.17) is 14.5 Å². The number of hydrogen-bond acceptors (Lipinski definition) is 8. The molecule has 3 aromatic rings. The lowest BCUT2D eigenvalue weighted by Gasteiger charge is -2.37. The summed E-state index contributed by atoms with van der Waals surface area (Å²) in [5, 5.41) is 6.51. The number of morpholine rings is 1. The largest absolute Gasteiger partial charge is 0.378 e. The number of carbonyl (C=O) groups excluding carboxylic acids is 1. The molecule has 1 unspecified atom stereocenters. The van der Waals surface area contributed by atoms with Crippen molar-refractivity contribution in [2.24, 2.45) is 0 Å². The normalized spacial score (nSPS) is 23.6. The number of alkyl halides is 2. The predicted molar refractivity (Wildman–Crippen MR) is 137 cm³/mol. The summed E-state index contributed by atoms with van der Waals surface area (Å²) in [5.41, 5.74) is 1.03. The van der Waals surface area contributed by atoms with Crippen LogP contribution in [-0.4, -0.2) is 76.5 Å². The second-order valence-electron chi connectivity index (χ2n) is 10.0. The van der Waals surface area contributed by atoms with Crippen molar-refractivity contribution in [3.8, 4) is 5.82 Å². The highest BCUT2D eigenvalue weighted by atomic mass is 19.3. The first-order valence-electron chi connectivity index (χ1n) is 13.2. The SMILES string of the molecule is O=C(CC1CCCO1)NC1CC(Nc2cc(-n3c(C(F)F)nc4ccccc43)nc(N3CCOCC3)n2)C1. The molecule has 10 nitrogen and oxygen atoms in total. The van der Waals surface area contributed by atoms with Crippen LogP contribution in [0.25, 0.3) is 16.9 Å². The highest BCUT2D eigenvalue weighted by molar-refractivity contribution is 5.78. The fraction of sp³-hybridized carbons (Fsp3) is 0.538. The third kappa shape index (κ3) is 5.28. The topological polar surface area (TPSA) is 106 Å². The molecule has 2 aromatic heterocycles. The molecule has 1 aromatic carbocycles. The maximum absolute atomic E-state index is 14.0. The molecule has 0 radical (unpaired) electrons. The molecule has 4 heterocycles. The van der Waals surface area contributed by atoms with Gasteiger partial charge in [0.25, 0.3) is 6.43 Å². The number of hydrogen-bond donors (Lipinski definition) is 2. The first-order chi connectivity index (χ1) is 18.5. The molecule has 3 aliphatic rings. The smallest absolute Gasteiger partial charge is 0.296 e. The summed E-state index contributed by atoms with van der Waals surface area (Å²) in [6.45, 7) is 3.04. The van der Waals surface area contributed by atoms with Crippen LogP contribution >= 0.6 is 0 Å². The molecule has 202 valence electrons. The van der Waals surface area contributed by atoms with Crippen LogP contribution in [0.2, 0.25) is 0 Å². The van der Waals surface area contributed by atoms with Crippen molar-refractivity contribution in [3.05, 3.63) is 36.2 Å². The van der Waals surface area contributed by atoms with Gasteiger partial charge in [0.15, 0.2) is 5.82 Å². The molecular formula is C26H31F2N7O3. The number of ether oxygens (including phenoxy) is 2. The molecular weight excluding hydrogens is 496 g/mol. The van der Waals surface area contributed by atoms with Gasteiger partial charge in [-0.15, -0.1) is 0 Å². The van der Waals surface area contributed by atoms with Gasteiger partial charge in [0, 0.05) is 37.8 Å². The Morgan fingerprint density at radius 1 is 1.08 bits per heavy atom. The molecule has 0 spiro atoms. The molecule has 1 atom stereocenters. The number of anilines is 2. The van der Waals surface area contributed by atoms with E-state index in [0.717, 1.165) is 32.3 Å². The van der Waals surface area contributed by atoms with Crippen molar-refractivity contribution in [2.75, 3.05) is 43.1 Å². The third-order valence-electron chi connectivity index (χ3n) is 7.30. The van der Waals surface area contributed by atoms with Crippen molar-refractivity contribution in [2.45, 2.75) is 56.7 Å². The Balaban J connectivity index is 1.22. The molecule has 3 fully saturated rings. The summed E-state index contributed by atoms with van der Waals surface area (Å²) in [6.07, 6.45) is 1.10. The van der Waals surface area contributed by atoms with E-state index in [2.05, 4.69) is 20.6 Å². The molecule has 1 aliphatic carbocycles. The minimum absolute atomic E-state index is 0.0193. The Labute approximate surface area is 218 Å². The molecule has 38 heavy (non-hydrogen) atoms. The quantitative estimate of drug-likeness (QED) is 0.460. The van der Waals surface area contributed by atoms with E-state index in [1.807, 2.05) is 4.90 Å². The molecule has 1 saturated carbocycles. The Morgan fingerprint density at radius 2 is 1.89 bits per heavy atom. The maximum atomic E-state index is 14.0. The van der Waals surface area contributed by atoms with E-state index in [-0.39, 0.29) is 29.9 Å². The van der Waals surface area contributed by atoms with Gasteiger partial charge in [0.2, 0.25) is 11.9 Å². The first-order valence-corrected chi connectivity index (χ1v) is 13.2. The van der Waals surface area contributed by atoms with Crippen LogP contribution in [0.5, 0.6) is 0 Å². The zero-order chi connectivity index (χ0) is 26.1. The number of rotatable bonds is 8. The van der Waals surface area contributed by atoms with Gasteiger partial charge in [-0.3, -0.25) is 9.36 Å². The van der Waals surface area contributed by atoms with Crippen LogP contribution in [0.4, 0.5) is 20.5 Å². The van der Waals surface area contributed by atoms with E-state index in [1.54, 1.807) is 30.3 Å². The van der Waals surface area contributed by atoms with Crippen molar-refractivity contribution < 1.29 is 23.0 Å². The Bertz CT molecular complexity index is 1290. The molecule has 6 rings (SSSR count). The first kappa shape index (κ1) is 24.9. The van der Waals surface area contributed by atoms with Gasteiger partial charge in [0.1, 0.15) is 11.6 Å². The monoisotopic (exact) mass is 527 g/mol. The summed E-state index contributed by atoms with van der Waals surface area (Å²) in [4.78, 5) is 27.9. The van der Waals surface area contributed by atoms with Crippen molar-refractivity contribution >= 4 is 28.7 Å². The van der Waals surface area contributed by atoms with Gasteiger partial charge >= 0.3 is 0 Å². The number of nitrogens with one attached hydrogen (secondary N) is 2. The fourth-order valence-corrected chi connectivity index (χ4v) is 5.31. The van der Waals surface area contributed by atoms with Crippen LogP contribution in [0.1, 0.15) is 44.4 Å². The van der Waals surface area contributed by atoms with Gasteiger partial charge in [-0.1, -0.05) is 12.1 Å². The van der Waals surface area contributed by atoms with Gasteiger partial charge in [-0.25, -0.2) is 13.8 Å². The number of para-hydroxylation sites is 2. The maximum Gasteiger partial charge on any atom is 0.296 e. The van der Waals surface area contributed by atoms with Crippen LogP contribution in [0, 0.1) is 0 Å². The van der Waals surface area contributed by atoms with Crippen molar-refractivity contribution in [3.63, 3.8) is 0 Å². The van der Waals surface area contributed by atoms with E-state index in [1.165, 1.54) is 4.57 Å². The number of fused-ring (bicyclic) bond motifs is 1. The lowest BCUT2D eigenvalue weighted by atomic mass is 9.86. The number of carbonyl (C=O) groups is 1. The average molecular weight is 528 g/mol. The van der Waals surface area contributed by atoms with Crippen molar-refractivity contribution in [1.29, 1.82) is 0 Å². The van der Waals surface area contributed by atoms with E-state index in [0.29, 0.717) is 61.3 Å². The lowest BCUT2D eigenvalue weighted by Crippen LogP contribution is -2.50. The molecule has 1 amide bonds. The standard InChI is InChI=1S/C26H31F2N7O3/c27-24(28)25-31-19-5-1-2-6-20(19)35(25)22-15-21(32-26(33-22)34-7-10-37-11-8-34)29-16-12-17(13-16)30-23(36)14-18-4-3-9-38-18/h1-2,5-6,15-18,24H,3-4,7-14H2,(H,30,36)(H,29,32,33). The predicted octanol–water partition coefficient (Wildman–Crippen LogP) is 3.22. The zero-order valence-corrected chi connectivity index (χ0v) is 21.0. The van der Waals surface area contributed by atoms with Crippen molar-refractivity contribution in [1.82, 2.24) is 24.8 Å². The summed E-state index contributed by atoms with van der Waals surface area (Å²) in [5.74, 6) is 0.983. The average Bonchev–Trinajstić information content (AvgIpc) is 3.55. The van der Waals surface area contributed by atoms with Crippen LogP contribution in [0.3, 0.4) is 0 Å². The number of benzene rings is 1. The number of imidazole rings is 1. The van der Waals surface area contributed by atoms with E-state index < -0.39 is 6.43 Å². The fourth-order valence-electron chi connectivity index (χ4n) is 5.31. The second kappa shape index (κ2) is 10.8. The van der Waals surface area contributed by atoms with Gasteiger partial charge in [0.05, 0.1) is 36.8 Å². The molecule has 12 heteroatoms. The number of halogens is 2. The van der Waals surface area contributed by atoms with Gasteiger partial charge < -0.3 is 25.0 Å². The lowest BCUT2D eigenvalue weighted by molar-refractivity contribution is -0.124. The number of nitrogens with zero attached hydrogens (tertiary/aromatic N) is 5. The molecule has 2 saturated heterocycles. The Kier molecular flexibility index (Phi) is 7.07. The number of aromatic nitrogens is 4. The minimum Gasteiger partial charge on any atom is -0.378 e. The Morgan fingerprint density at radius 3 is 2.66 bits per heavy atom. The summed E-state index contributed by atoms with van der Waals surface area (Å²) in [7, 11) is 0. The highest BCUT2D eigenvalue weighted by Crippen LogP contribution is 2.30. The molecule has 2 N–H and O–H groups in total. The van der Waals surface area contributed by atoms with Crippen LogP contribution in [0.15, 0.2) is 30.3 Å². The molecule has 0 bridgehead atoms. The van der Waals surface area contributed by atoms with Crippen LogP contribution < -0.4 is 15.5 Å². The molecule has 2 aliphatic heterocycles.